The van der Waals surface area contributed by atoms with E-state index in [1.807, 2.05) is 26.8 Å². The Labute approximate surface area is 275 Å². The van der Waals surface area contributed by atoms with Gasteiger partial charge in [0.25, 0.3) is 0 Å². The fourth-order valence-electron chi connectivity index (χ4n) is 9.98. The van der Waals surface area contributed by atoms with Gasteiger partial charge < -0.3 is 50.3 Å². The molecule has 0 aromatic carbocycles. The number of carbonyl (C=O) groups excluding carboxylic acids is 2. The monoisotopic (exact) mass is 664 g/mol. The Kier molecular flexibility index (Phi) is 9.12. The molecule has 14 atom stereocenters. The summed E-state index contributed by atoms with van der Waals surface area (Å²) < 4.78 is 11.3. The van der Waals surface area contributed by atoms with Gasteiger partial charge in [0.15, 0.2) is 11.5 Å². The van der Waals surface area contributed by atoms with E-state index in [2.05, 4.69) is 0 Å². The number of aliphatic hydroxyl groups is 8. The molecule has 0 amide bonds. The molecule has 5 rings (SSSR count). The van der Waals surface area contributed by atoms with Crippen LogP contribution in [0.1, 0.15) is 74.1 Å². The van der Waals surface area contributed by atoms with Crippen molar-refractivity contribution in [3.05, 3.63) is 35.1 Å². The maximum atomic E-state index is 14.5. The van der Waals surface area contributed by atoms with E-state index in [4.69, 9.17) is 9.47 Å². The van der Waals surface area contributed by atoms with Crippen LogP contribution in [0.5, 0.6) is 0 Å². The second-order valence-corrected chi connectivity index (χ2v) is 16.0. The molecule has 0 radical (unpaired) electrons. The number of carbonyl (C=O) groups is 2. The molecule has 1 heterocycles. The number of allylic oxidation sites excluding steroid dienone is 4. The molecule has 0 spiro atoms. The van der Waals surface area contributed by atoms with Gasteiger partial charge >= 0.3 is 0 Å². The molecule has 5 aliphatic rings. The Morgan fingerprint density at radius 3 is 2.28 bits per heavy atom. The van der Waals surface area contributed by atoms with Gasteiger partial charge in [-0.2, -0.15) is 0 Å². The van der Waals surface area contributed by atoms with Gasteiger partial charge in [0.05, 0.1) is 23.9 Å². The zero-order valence-electron chi connectivity index (χ0n) is 28.3. The van der Waals surface area contributed by atoms with Gasteiger partial charge in [-0.25, -0.2) is 0 Å². The van der Waals surface area contributed by atoms with E-state index in [1.54, 1.807) is 6.92 Å². The molecule has 1 aliphatic heterocycles. The summed E-state index contributed by atoms with van der Waals surface area (Å²) in [5, 5.41) is 85.1. The predicted molar refractivity (Wildman–Crippen MR) is 167 cm³/mol. The van der Waals surface area contributed by atoms with Crippen LogP contribution in [0.25, 0.3) is 0 Å². The normalized spacial score (nSPS) is 46.0. The quantitative estimate of drug-likeness (QED) is 0.174. The first-order valence-electron chi connectivity index (χ1n) is 16.5. The number of ether oxygens (including phenoxy) is 2. The van der Waals surface area contributed by atoms with Gasteiger partial charge in [0.1, 0.15) is 36.3 Å². The maximum absolute atomic E-state index is 14.5. The minimum Gasteiger partial charge on any atom is -0.458 e. The molecule has 264 valence electrons. The first-order valence-corrected chi connectivity index (χ1v) is 16.5. The Bertz CT molecular complexity index is 1370. The van der Waals surface area contributed by atoms with Crippen LogP contribution in [0.2, 0.25) is 0 Å². The fraction of sp³-hybridized carbons (Fsp3) is 0.771. The number of hydrogen-bond donors (Lipinski definition) is 8. The molecule has 0 bridgehead atoms. The first kappa shape index (κ1) is 36.3. The number of Topliss-reactive ketones (excluding diaryl/α,β-unsaturated/α-hetero) is 2. The molecule has 0 aromatic heterocycles. The van der Waals surface area contributed by atoms with E-state index in [1.165, 1.54) is 32.9 Å². The Morgan fingerprint density at radius 1 is 1.04 bits per heavy atom. The van der Waals surface area contributed by atoms with Crippen LogP contribution in [0.4, 0.5) is 0 Å². The minimum absolute atomic E-state index is 0.00522. The van der Waals surface area contributed by atoms with Gasteiger partial charge in [0, 0.05) is 30.1 Å². The predicted octanol–water partition coefficient (Wildman–Crippen LogP) is 0.424. The molecule has 3 fully saturated rings. The highest BCUT2D eigenvalue weighted by Crippen LogP contribution is 2.73. The van der Waals surface area contributed by atoms with Gasteiger partial charge in [-0.05, 0) is 68.4 Å². The smallest absolute Gasteiger partial charge is 0.229 e. The lowest BCUT2D eigenvalue weighted by molar-refractivity contribution is -0.291. The fourth-order valence-corrected chi connectivity index (χ4v) is 9.98. The van der Waals surface area contributed by atoms with Crippen molar-refractivity contribution in [1.82, 2.24) is 0 Å². The van der Waals surface area contributed by atoms with Crippen molar-refractivity contribution in [2.24, 2.45) is 34.0 Å². The highest BCUT2D eigenvalue weighted by molar-refractivity contribution is 5.99. The van der Waals surface area contributed by atoms with Crippen molar-refractivity contribution < 1.29 is 59.9 Å². The van der Waals surface area contributed by atoms with E-state index < -0.39 is 94.6 Å². The molecule has 1 saturated heterocycles. The van der Waals surface area contributed by atoms with E-state index in [-0.39, 0.29) is 36.7 Å². The van der Waals surface area contributed by atoms with Crippen LogP contribution in [-0.2, 0) is 19.1 Å². The average molecular weight is 665 g/mol. The number of fused-ring (bicyclic) bond motifs is 5. The molecule has 12 heteroatoms. The van der Waals surface area contributed by atoms with E-state index in [9.17, 15) is 50.4 Å². The largest absolute Gasteiger partial charge is 0.458 e. The molecule has 14 unspecified atom stereocenters. The number of aliphatic hydroxyl groups excluding tert-OH is 6. The summed E-state index contributed by atoms with van der Waals surface area (Å²) in [6, 6.07) is 0. The minimum atomic E-state index is -1.84. The molecule has 0 aromatic rings. The molecular formula is C35H52O12. The lowest BCUT2D eigenvalue weighted by Crippen LogP contribution is -2.64. The van der Waals surface area contributed by atoms with Crippen LogP contribution in [-0.4, -0.2) is 113 Å². The Balaban J connectivity index is 1.49. The van der Waals surface area contributed by atoms with Crippen LogP contribution in [0.3, 0.4) is 0 Å². The summed E-state index contributed by atoms with van der Waals surface area (Å²) >= 11 is 0. The second kappa shape index (κ2) is 11.8. The number of ketones is 2. The molecular weight excluding hydrogens is 612 g/mol. The van der Waals surface area contributed by atoms with E-state index in [0.29, 0.717) is 12.0 Å². The molecule has 12 nitrogen and oxygen atoms in total. The maximum Gasteiger partial charge on any atom is 0.229 e. The van der Waals surface area contributed by atoms with Crippen LogP contribution in [0, 0.1) is 34.0 Å². The summed E-state index contributed by atoms with van der Waals surface area (Å²) in [7, 11) is 0. The first-order chi connectivity index (χ1) is 21.6. The SMILES string of the molecule is CC1=C(OC2OC(CO)C(O)C(O)C2O)C(=O)CC2C1=CCC1C2(C)C(=O)CC2(C)C(C(C)(O)C(O)C=CC(C)(C)O)C(O)CC12C. The Hall–Kier alpha value is -2.00. The number of hydrogen-bond acceptors (Lipinski definition) is 12. The molecule has 2 saturated carbocycles. The van der Waals surface area contributed by atoms with Crippen molar-refractivity contribution >= 4 is 11.6 Å². The summed E-state index contributed by atoms with van der Waals surface area (Å²) in [6.07, 6.45) is -4.84. The third-order valence-corrected chi connectivity index (χ3v) is 12.7. The van der Waals surface area contributed by atoms with Crippen LogP contribution in [0.15, 0.2) is 35.1 Å². The summed E-state index contributed by atoms with van der Waals surface area (Å²) in [5.74, 6) is -2.32. The van der Waals surface area contributed by atoms with Gasteiger partial charge in [-0.1, -0.05) is 39.0 Å². The zero-order chi connectivity index (χ0) is 35.2. The highest BCUT2D eigenvalue weighted by Gasteiger charge is 2.74. The average Bonchev–Trinajstić information content (AvgIpc) is 3.18. The lowest BCUT2D eigenvalue weighted by atomic mass is 9.39. The third-order valence-electron chi connectivity index (χ3n) is 12.7. The van der Waals surface area contributed by atoms with Crippen molar-refractivity contribution in [3.8, 4) is 0 Å². The highest BCUT2D eigenvalue weighted by atomic mass is 16.7. The zero-order valence-corrected chi connectivity index (χ0v) is 28.3. The van der Waals surface area contributed by atoms with Crippen LogP contribution >= 0.6 is 0 Å². The van der Waals surface area contributed by atoms with E-state index >= 15 is 0 Å². The Morgan fingerprint density at radius 2 is 1.68 bits per heavy atom. The van der Waals surface area contributed by atoms with Gasteiger partial charge in [-0.3, -0.25) is 9.59 Å². The standard InChI is InChI=1S/C35H52O12/c1-16-17-8-9-22-32(4)13-20(38)29(35(7,45)23(39)10-11-31(2,3)44)33(32,5)14-24(40)34(22,6)18(17)12-19(37)28(16)47-30-27(43)26(42)25(41)21(15-36)46-30/h8,10-11,18,20-23,25-27,29-30,36,38-39,41-45H,9,12-15H2,1-7H3. The summed E-state index contributed by atoms with van der Waals surface area (Å²) in [6.45, 7) is 11.4. The summed E-state index contributed by atoms with van der Waals surface area (Å²) in [5.41, 5.74) is -4.48. The third kappa shape index (κ3) is 5.39. The van der Waals surface area contributed by atoms with Crippen molar-refractivity contribution in [2.75, 3.05) is 6.61 Å². The lowest BCUT2D eigenvalue weighted by Gasteiger charge is -2.63. The van der Waals surface area contributed by atoms with E-state index in [0.717, 1.165) is 5.57 Å². The van der Waals surface area contributed by atoms with Crippen molar-refractivity contribution in [2.45, 2.75) is 128 Å². The summed E-state index contributed by atoms with van der Waals surface area (Å²) in [4.78, 5) is 28.2. The van der Waals surface area contributed by atoms with Gasteiger partial charge in [0.2, 0.25) is 6.29 Å². The second-order valence-electron chi connectivity index (χ2n) is 16.0. The number of rotatable bonds is 7. The van der Waals surface area contributed by atoms with Crippen molar-refractivity contribution in [3.63, 3.8) is 0 Å². The van der Waals surface area contributed by atoms with Crippen LogP contribution < -0.4 is 0 Å². The molecule has 47 heavy (non-hydrogen) atoms. The van der Waals surface area contributed by atoms with Crippen molar-refractivity contribution in [1.29, 1.82) is 0 Å². The molecule has 4 aliphatic carbocycles. The topological polar surface area (TPSA) is 214 Å². The molecule has 8 N–H and O–H groups in total. The van der Waals surface area contributed by atoms with Gasteiger partial charge in [-0.15, -0.1) is 0 Å².